The summed E-state index contributed by atoms with van der Waals surface area (Å²) >= 11 is 6.32. The Morgan fingerprint density at radius 1 is 1.38 bits per heavy atom. The number of nitrogens with zero attached hydrogens (tertiary/aromatic N) is 1. The van der Waals surface area contributed by atoms with Crippen LogP contribution >= 0.6 is 11.6 Å². The van der Waals surface area contributed by atoms with E-state index >= 15 is 0 Å². The molecule has 1 heterocycles. The van der Waals surface area contributed by atoms with Crippen molar-refractivity contribution in [2.75, 3.05) is 26.8 Å². The van der Waals surface area contributed by atoms with Crippen LogP contribution in [0.25, 0.3) is 0 Å². The molecular formula is C16H25ClN2O2. The highest BCUT2D eigenvalue weighted by atomic mass is 35.5. The fraction of sp³-hybridized carbons (Fsp3) is 0.625. The number of aliphatic hydroxyl groups is 1. The van der Waals surface area contributed by atoms with Crippen molar-refractivity contribution >= 4 is 11.6 Å². The van der Waals surface area contributed by atoms with Crippen LogP contribution in [-0.2, 0) is 4.74 Å². The van der Waals surface area contributed by atoms with Gasteiger partial charge in [-0.2, -0.15) is 0 Å². The molecule has 4 nitrogen and oxygen atoms in total. The second-order valence-corrected chi connectivity index (χ2v) is 6.48. The van der Waals surface area contributed by atoms with Crippen molar-refractivity contribution in [2.24, 2.45) is 5.73 Å². The lowest BCUT2D eigenvalue weighted by atomic mass is 9.91. The fourth-order valence-corrected chi connectivity index (χ4v) is 3.36. The number of halogens is 1. The number of hydrogen-bond acceptors (Lipinski definition) is 4. The molecule has 0 radical (unpaired) electrons. The van der Waals surface area contributed by atoms with Gasteiger partial charge in [0.25, 0.3) is 0 Å². The minimum Gasteiger partial charge on any atom is -0.388 e. The van der Waals surface area contributed by atoms with Gasteiger partial charge in [-0.1, -0.05) is 29.8 Å². The Labute approximate surface area is 131 Å². The minimum atomic E-state index is -0.707. The molecular weight excluding hydrogens is 288 g/mol. The van der Waals surface area contributed by atoms with Crippen LogP contribution in [0.1, 0.15) is 31.4 Å². The van der Waals surface area contributed by atoms with Gasteiger partial charge in [0, 0.05) is 43.7 Å². The molecule has 3 N–H and O–H groups in total. The summed E-state index contributed by atoms with van der Waals surface area (Å²) in [5.41, 5.74) is 6.48. The third kappa shape index (κ3) is 4.18. The summed E-state index contributed by atoms with van der Waals surface area (Å²) in [4.78, 5) is 2.11. The Balaban J connectivity index is 2.16. The van der Waals surface area contributed by atoms with Crippen LogP contribution in [0, 0.1) is 0 Å². The average molecular weight is 313 g/mol. The van der Waals surface area contributed by atoms with Crippen molar-refractivity contribution in [3.8, 4) is 0 Å². The standard InChI is InChI=1S/C16H25ClN2O2/c1-12(18)15(13-5-3-4-6-14(13)17)19(2)11-16(20)7-9-21-10-8-16/h3-6,12,15,20H,7-11,18H2,1-2H3. The number of hydrogen-bond donors (Lipinski definition) is 2. The van der Waals surface area contributed by atoms with Gasteiger partial charge in [0.15, 0.2) is 0 Å². The first-order chi connectivity index (χ1) is 9.93. The number of ether oxygens (including phenoxy) is 1. The van der Waals surface area contributed by atoms with E-state index in [-0.39, 0.29) is 12.1 Å². The number of likely N-dealkylation sites (N-methyl/N-ethyl adjacent to an activating group) is 1. The molecule has 1 aliphatic heterocycles. The molecule has 2 atom stereocenters. The van der Waals surface area contributed by atoms with Crippen LogP contribution < -0.4 is 5.73 Å². The van der Waals surface area contributed by atoms with Gasteiger partial charge in [-0.25, -0.2) is 0 Å². The summed E-state index contributed by atoms with van der Waals surface area (Å²) < 4.78 is 5.33. The highest BCUT2D eigenvalue weighted by Gasteiger charge is 2.34. The van der Waals surface area contributed by atoms with Gasteiger partial charge in [0.1, 0.15) is 0 Å². The molecule has 5 heteroatoms. The molecule has 0 amide bonds. The first-order valence-electron chi connectivity index (χ1n) is 7.43. The summed E-state index contributed by atoms with van der Waals surface area (Å²) in [5.74, 6) is 0. The van der Waals surface area contributed by atoms with Gasteiger partial charge in [-0.3, -0.25) is 4.90 Å². The fourth-order valence-electron chi connectivity index (χ4n) is 3.11. The molecule has 21 heavy (non-hydrogen) atoms. The molecule has 2 unspecified atom stereocenters. The molecule has 1 aromatic rings. The van der Waals surface area contributed by atoms with Gasteiger partial charge < -0.3 is 15.6 Å². The van der Waals surface area contributed by atoms with E-state index in [0.717, 1.165) is 5.56 Å². The maximum Gasteiger partial charge on any atom is 0.0818 e. The lowest BCUT2D eigenvalue weighted by Crippen LogP contribution is -2.49. The van der Waals surface area contributed by atoms with E-state index in [1.165, 1.54) is 0 Å². The van der Waals surface area contributed by atoms with Crippen LogP contribution in [0.5, 0.6) is 0 Å². The maximum atomic E-state index is 10.7. The Morgan fingerprint density at radius 2 is 2.00 bits per heavy atom. The number of rotatable bonds is 5. The first-order valence-corrected chi connectivity index (χ1v) is 7.81. The largest absolute Gasteiger partial charge is 0.388 e. The minimum absolute atomic E-state index is 0.0226. The van der Waals surface area contributed by atoms with E-state index in [4.69, 9.17) is 22.1 Å². The third-order valence-corrected chi connectivity index (χ3v) is 4.51. The van der Waals surface area contributed by atoms with E-state index < -0.39 is 5.60 Å². The van der Waals surface area contributed by atoms with E-state index in [1.54, 1.807) is 0 Å². The zero-order chi connectivity index (χ0) is 15.5. The predicted molar refractivity (Wildman–Crippen MR) is 85.5 cm³/mol. The van der Waals surface area contributed by atoms with Crippen LogP contribution in [-0.4, -0.2) is 48.5 Å². The second kappa shape index (κ2) is 7.07. The van der Waals surface area contributed by atoms with E-state index in [2.05, 4.69) is 4.90 Å². The molecule has 118 valence electrons. The third-order valence-electron chi connectivity index (χ3n) is 4.16. The van der Waals surface area contributed by atoms with Crippen LogP contribution in [0.3, 0.4) is 0 Å². The van der Waals surface area contributed by atoms with Crippen molar-refractivity contribution in [3.63, 3.8) is 0 Å². The molecule has 0 saturated carbocycles. The SMILES string of the molecule is CC(N)C(c1ccccc1Cl)N(C)CC1(O)CCOCC1. The Morgan fingerprint density at radius 3 is 2.57 bits per heavy atom. The van der Waals surface area contributed by atoms with Crippen LogP contribution in [0.4, 0.5) is 0 Å². The predicted octanol–water partition coefficient (Wildman–Crippen LogP) is 2.20. The topological polar surface area (TPSA) is 58.7 Å². The summed E-state index contributed by atoms with van der Waals surface area (Å²) in [6, 6.07) is 7.65. The lowest BCUT2D eigenvalue weighted by molar-refractivity contribution is -0.0824. The lowest BCUT2D eigenvalue weighted by Gasteiger charge is -2.40. The van der Waals surface area contributed by atoms with Gasteiger partial charge in [-0.05, 0) is 25.6 Å². The molecule has 1 aromatic carbocycles. The summed E-state index contributed by atoms with van der Waals surface area (Å²) in [7, 11) is 1.99. The van der Waals surface area contributed by atoms with E-state index in [9.17, 15) is 5.11 Å². The van der Waals surface area contributed by atoms with Crippen LogP contribution in [0.2, 0.25) is 5.02 Å². The Kier molecular flexibility index (Phi) is 5.63. The van der Waals surface area contributed by atoms with E-state index in [0.29, 0.717) is 37.6 Å². The van der Waals surface area contributed by atoms with Crippen molar-refractivity contribution < 1.29 is 9.84 Å². The van der Waals surface area contributed by atoms with Gasteiger partial charge in [0.05, 0.1) is 11.6 Å². The van der Waals surface area contributed by atoms with Gasteiger partial charge >= 0.3 is 0 Å². The van der Waals surface area contributed by atoms with Crippen molar-refractivity contribution in [3.05, 3.63) is 34.9 Å². The zero-order valence-corrected chi connectivity index (χ0v) is 13.5. The molecule has 0 bridgehead atoms. The highest BCUT2D eigenvalue weighted by molar-refractivity contribution is 6.31. The number of benzene rings is 1. The van der Waals surface area contributed by atoms with E-state index in [1.807, 2.05) is 38.2 Å². The van der Waals surface area contributed by atoms with Crippen molar-refractivity contribution in [1.29, 1.82) is 0 Å². The van der Waals surface area contributed by atoms with Crippen molar-refractivity contribution in [1.82, 2.24) is 4.90 Å². The van der Waals surface area contributed by atoms with Crippen LogP contribution in [0.15, 0.2) is 24.3 Å². The molecule has 0 aromatic heterocycles. The van der Waals surface area contributed by atoms with Gasteiger partial charge in [-0.15, -0.1) is 0 Å². The monoisotopic (exact) mass is 312 g/mol. The normalized spacial score (nSPS) is 21.2. The maximum absolute atomic E-state index is 10.7. The number of nitrogens with two attached hydrogens (primary N) is 1. The average Bonchev–Trinajstić information content (AvgIpc) is 2.41. The molecule has 1 fully saturated rings. The zero-order valence-electron chi connectivity index (χ0n) is 12.8. The summed E-state index contributed by atoms with van der Waals surface area (Å²) in [6.07, 6.45) is 1.32. The first kappa shape index (κ1) is 16.7. The second-order valence-electron chi connectivity index (χ2n) is 6.08. The van der Waals surface area contributed by atoms with Crippen molar-refractivity contribution in [2.45, 2.75) is 37.5 Å². The Bertz CT molecular complexity index is 461. The molecule has 0 spiro atoms. The quantitative estimate of drug-likeness (QED) is 0.875. The summed E-state index contributed by atoms with van der Waals surface area (Å²) in [6.45, 7) is 3.75. The molecule has 0 aliphatic carbocycles. The molecule has 1 aliphatic rings. The molecule has 2 rings (SSSR count). The Hall–Kier alpha value is -0.650. The smallest absolute Gasteiger partial charge is 0.0818 e. The molecule has 1 saturated heterocycles. The highest BCUT2D eigenvalue weighted by Crippen LogP contribution is 2.31. The van der Waals surface area contributed by atoms with Gasteiger partial charge in [0.2, 0.25) is 0 Å². The summed E-state index contributed by atoms with van der Waals surface area (Å²) in [5, 5.41) is 11.4.